The van der Waals surface area contributed by atoms with Crippen molar-refractivity contribution in [3.63, 3.8) is 0 Å². The molecule has 0 atom stereocenters. The Balaban J connectivity index is 1.46. The topological polar surface area (TPSA) is 84.0 Å². The Hall–Kier alpha value is -3.04. The molecule has 0 N–H and O–H groups in total. The maximum absolute atomic E-state index is 12.9. The van der Waals surface area contributed by atoms with E-state index in [0.29, 0.717) is 5.56 Å². The molecule has 0 bridgehead atoms. The van der Waals surface area contributed by atoms with Gasteiger partial charge in [0, 0.05) is 32.3 Å². The van der Waals surface area contributed by atoms with Crippen LogP contribution in [0.15, 0.2) is 65.6 Å². The van der Waals surface area contributed by atoms with Crippen LogP contribution in [0.5, 0.6) is 0 Å². The smallest absolute Gasteiger partial charge is 0.331 e. The van der Waals surface area contributed by atoms with Crippen LogP contribution in [0, 0.1) is 5.82 Å². The quantitative estimate of drug-likeness (QED) is 0.514. The van der Waals surface area contributed by atoms with Crippen LogP contribution in [-0.4, -0.2) is 62.3 Å². The molecule has 2 aromatic rings. The lowest BCUT2D eigenvalue weighted by atomic mass is 10.2. The van der Waals surface area contributed by atoms with E-state index in [2.05, 4.69) is 0 Å². The Bertz CT molecular complexity index is 1020. The molecule has 1 amide bonds. The lowest BCUT2D eigenvalue weighted by Gasteiger charge is -2.33. The van der Waals surface area contributed by atoms with Gasteiger partial charge in [0.15, 0.2) is 6.61 Å². The number of halogens is 1. The second-order valence-corrected chi connectivity index (χ2v) is 8.53. The number of nitrogens with zero attached hydrogens (tertiary/aromatic N) is 2. The first kappa shape index (κ1) is 21.7. The van der Waals surface area contributed by atoms with E-state index in [0.717, 1.165) is 6.08 Å². The van der Waals surface area contributed by atoms with Crippen molar-refractivity contribution in [3.05, 3.63) is 72.1 Å². The molecule has 0 aromatic heterocycles. The predicted molar refractivity (Wildman–Crippen MR) is 108 cm³/mol. The number of carbonyl (C=O) groups is 2. The van der Waals surface area contributed by atoms with Gasteiger partial charge >= 0.3 is 5.97 Å². The van der Waals surface area contributed by atoms with Gasteiger partial charge in [-0.1, -0.05) is 30.3 Å². The first-order valence-electron chi connectivity index (χ1n) is 9.29. The van der Waals surface area contributed by atoms with Crippen LogP contribution in [0.1, 0.15) is 5.56 Å². The molecular weight excluding hydrogens is 411 g/mol. The number of rotatable bonds is 6. The summed E-state index contributed by atoms with van der Waals surface area (Å²) in [4.78, 5) is 25.7. The van der Waals surface area contributed by atoms with Gasteiger partial charge in [0.2, 0.25) is 10.0 Å². The van der Waals surface area contributed by atoms with Crippen LogP contribution in [0.2, 0.25) is 0 Å². The van der Waals surface area contributed by atoms with Gasteiger partial charge in [-0.15, -0.1) is 0 Å². The molecule has 0 unspecified atom stereocenters. The Morgan fingerprint density at radius 2 is 1.60 bits per heavy atom. The number of benzene rings is 2. The molecule has 7 nitrogen and oxygen atoms in total. The highest BCUT2D eigenvalue weighted by Gasteiger charge is 2.30. The summed E-state index contributed by atoms with van der Waals surface area (Å²) in [6, 6.07) is 13.7. The molecule has 0 radical (unpaired) electrons. The van der Waals surface area contributed by atoms with E-state index >= 15 is 0 Å². The molecule has 0 saturated carbocycles. The second kappa shape index (κ2) is 9.64. The first-order chi connectivity index (χ1) is 14.4. The highest BCUT2D eigenvalue weighted by molar-refractivity contribution is 7.89. The van der Waals surface area contributed by atoms with E-state index in [1.807, 2.05) is 0 Å². The molecule has 1 fully saturated rings. The maximum Gasteiger partial charge on any atom is 0.331 e. The summed E-state index contributed by atoms with van der Waals surface area (Å²) in [6.45, 7) is 0.336. The molecule has 1 aliphatic heterocycles. The molecule has 1 saturated heterocycles. The Labute approximate surface area is 174 Å². The van der Waals surface area contributed by atoms with E-state index in [9.17, 15) is 22.4 Å². The maximum atomic E-state index is 12.9. The van der Waals surface area contributed by atoms with Crippen molar-refractivity contribution in [2.24, 2.45) is 0 Å². The van der Waals surface area contributed by atoms with Crippen LogP contribution in [0.25, 0.3) is 6.08 Å². The first-order valence-corrected chi connectivity index (χ1v) is 10.7. The normalized spacial score (nSPS) is 15.3. The molecule has 9 heteroatoms. The van der Waals surface area contributed by atoms with Crippen molar-refractivity contribution in [3.8, 4) is 0 Å². The van der Waals surface area contributed by atoms with Crippen LogP contribution < -0.4 is 0 Å². The SMILES string of the molecule is O=C(/C=C/c1ccc(F)cc1)OCC(=O)N1CCN(S(=O)(=O)c2ccccc2)CC1. The molecule has 0 aliphatic carbocycles. The van der Waals surface area contributed by atoms with Crippen molar-refractivity contribution in [2.45, 2.75) is 4.90 Å². The summed E-state index contributed by atoms with van der Waals surface area (Å²) in [5.74, 6) is -1.47. The number of hydrogen-bond donors (Lipinski definition) is 0. The average molecular weight is 432 g/mol. The van der Waals surface area contributed by atoms with E-state index < -0.39 is 28.5 Å². The van der Waals surface area contributed by atoms with Crippen LogP contribution in [0.4, 0.5) is 4.39 Å². The molecule has 0 spiro atoms. The van der Waals surface area contributed by atoms with Gasteiger partial charge in [0.05, 0.1) is 4.90 Å². The van der Waals surface area contributed by atoms with Gasteiger partial charge in [-0.2, -0.15) is 4.31 Å². The number of esters is 1. The largest absolute Gasteiger partial charge is 0.452 e. The number of piperazine rings is 1. The summed E-state index contributed by atoms with van der Waals surface area (Å²) in [7, 11) is -3.60. The van der Waals surface area contributed by atoms with E-state index in [1.165, 1.54) is 51.7 Å². The second-order valence-electron chi connectivity index (χ2n) is 6.59. The highest BCUT2D eigenvalue weighted by atomic mass is 32.2. The van der Waals surface area contributed by atoms with Crippen molar-refractivity contribution < 1.29 is 27.1 Å². The zero-order chi connectivity index (χ0) is 21.6. The summed E-state index contributed by atoms with van der Waals surface area (Å²) in [5.41, 5.74) is 0.621. The van der Waals surface area contributed by atoms with Gasteiger partial charge in [0.25, 0.3) is 5.91 Å². The fourth-order valence-electron chi connectivity index (χ4n) is 2.93. The minimum absolute atomic E-state index is 0.168. The molecule has 1 heterocycles. The minimum atomic E-state index is -3.60. The third-order valence-corrected chi connectivity index (χ3v) is 6.50. The standard InChI is InChI=1S/C21H21FN2O5S/c22-18-9-6-17(7-10-18)8-11-21(26)29-16-20(25)23-12-14-24(15-13-23)30(27,28)19-4-2-1-3-5-19/h1-11H,12-16H2/b11-8+. The van der Waals surface area contributed by atoms with E-state index in [4.69, 9.17) is 4.74 Å². The summed E-state index contributed by atoms with van der Waals surface area (Å²) < 4.78 is 44.4. The fourth-order valence-corrected chi connectivity index (χ4v) is 4.37. The third-order valence-electron chi connectivity index (χ3n) is 4.59. The molecule has 2 aromatic carbocycles. The van der Waals surface area contributed by atoms with Crippen molar-refractivity contribution in [2.75, 3.05) is 32.8 Å². The monoisotopic (exact) mass is 432 g/mol. The van der Waals surface area contributed by atoms with Crippen molar-refractivity contribution in [1.82, 2.24) is 9.21 Å². The van der Waals surface area contributed by atoms with Crippen molar-refractivity contribution >= 4 is 28.0 Å². The molecule has 30 heavy (non-hydrogen) atoms. The molecule has 158 valence electrons. The number of amides is 1. The molecule has 1 aliphatic rings. The highest BCUT2D eigenvalue weighted by Crippen LogP contribution is 2.17. The van der Waals surface area contributed by atoms with Gasteiger partial charge in [-0.3, -0.25) is 4.79 Å². The van der Waals surface area contributed by atoms with Gasteiger partial charge in [-0.25, -0.2) is 17.6 Å². The number of hydrogen-bond acceptors (Lipinski definition) is 5. The number of sulfonamides is 1. The lowest BCUT2D eigenvalue weighted by molar-refractivity contribution is -0.148. The summed E-state index contributed by atoms with van der Waals surface area (Å²) >= 11 is 0. The van der Waals surface area contributed by atoms with Gasteiger partial charge < -0.3 is 9.64 Å². The molecule has 3 rings (SSSR count). The van der Waals surface area contributed by atoms with Crippen LogP contribution in [-0.2, 0) is 24.3 Å². The number of carbonyl (C=O) groups excluding carboxylic acids is 2. The third kappa shape index (κ3) is 5.52. The van der Waals surface area contributed by atoms with E-state index in [-0.39, 0.29) is 36.9 Å². The summed E-state index contributed by atoms with van der Waals surface area (Å²) in [6.07, 6.45) is 2.62. The average Bonchev–Trinajstić information content (AvgIpc) is 2.77. The Morgan fingerprint density at radius 3 is 2.23 bits per heavy atom. The Kier molecular flexibility index (Phi) is 6.96. The molecular formula is C21H21FN2O5S. The zero-order valence-corrected chi connectivity index (χ0v) is 16.9. The number of ether oxygens (including phenoxy) is 1. The van der Waals surface area contributed by atoms with E-state index in [1.54, 1.807) is 18.2 Å². The van der Waals surface area contributed by atoms with Gasteiger partial charge in [-0.05, 0) is 35.9 Å². The van der Waals surface area contributed by atoms with Gasteiger partial charge in [0.1, 0.15) is 5.82 Å². The zero-order valence-electron chi connectivity index (χ0n) is 16.1. The predicted octanol–water partition coefficient (Wildman–Crippen LogP) is 1.92. The Morgan fingerprint density at radius 1 is 0.967 bits per heavy atom. The minimum Gasteiger partial charge on any atom is -0.452 e. The summed E-state index contributed by atoms with van der Waals surface area (Å²) in [5, 5.41) is 0. The lowest BCUT2D eigenvalue weighted by Crippen LogP contribution is -2.51. The van der Waals surface area contributed by atoms with Crippen LogP contribution in [0.3, 0.4) is 0 Å². The van der Waals surface area contributed by atoms with Crippen LogP contribution >= 0.6 is 0 Å². The van der Waals surface area contributed by atoms with Crippen molar-refractivity contribution in [1.29, 1.82) is 0 Å². The fraction of sp³-hybridized carbons (Fsp3) is 0.238.